The van der Waals surface area contributed by atoms with Crippen molar-refractivity contribution < 1.29 is 4.79 Å². The van der Waals surface area contributed by atoms with Crippen LogP contribution in [0.2, 0.25) is 0 Å². The van der Waals surface area contributed by atoms with Crippen molar-refractivity contribution in [1.29, 1.82) is 0 Å². The number of hydrogen-bond acceptors (Lipinski definition) is 3. The van der Waals surface area contributed by atoms with Crippen LogP contribution in [0.1, 0.15) is 10.5 Å². The Labute approximate surface area is 147 Å². The van der Waals surface area contributed by atoms with Gasteiger partial charge in [0.05, 0.1) is 11.9 Å². The highest BCUT2D eigenvalue weighted by Crippen LogP contribution is 2.18. The van der Waals surface area contributed by atoms with Gasteiger partial charge in [0, 0.05) is 44.3 Å². The van der Waals surface area contributed by atoms with Gasteiger partial charge < -0.3 is 14.4 Å². The van der Waals surface area contributed by atoms with Crippen molar-refractivity contribution in [3.63, 3.8) is 0 Å². The lowest BCUT2D eigenvalue weighted by molar-refractivity contribution is 0.0739. The van der Waals surface area contributed by atoms with Crippen molar-refractivity contribution in [3.05, 3.63) is 78.9 Å². The molecule has 1 aliphatic rings. The number of amides is 1. The summed E-state index contributed by atoms with van der Waals surface area (Å²) in [5, 5.41) is 0. The summed E-state index contributed by atoms with van der Waals surface area (Å²) in [6, 6.07) is 17.8. The van der Waals surface area contributed by atoms with Crippen molar-refractivity contribution in [3.8, 4) is 5.69 Å². The molecule has 126 valence electrons. The van der Waals surface area contributed by atoms with E-state index in [9.17, 15) is 4.79 Å². The van der Waals surface area contributed by atoms with Crippen molar-refractivity contribution >= 4 is 11.6 Å². The van der Waals surface area contributed by atoms with Crippen molar-refractivity contribution in [1.82, 2.24) is 14.5 Å². The highest BCUT2D eigenvalue weighted by Gasteiger charge is 2.24. The summed E-state index contributed by atoms with van der Waals surface area (Å²) in [7, 11) is 0. The minimum Gasteiger partial charge on any atom is -0.367 e. The van der Waals surface area contributed by atoms with Gasteiger partial charge >= 0.3 is 0 Å². The summed E-state index contributed by atoms with van der Waals surface area (Å²) in [4.78, 5) is 21.3. The normalized spacial score (nSPS) is 14.6. The number of para-hydroxylation sites is 1. The van der Waals surface area contributed by atoms with E-state index in [4.69, 9.17) is 0 Å². The van der Waals surface area contributed by atoms with Gasteiger partial charge in [-0.25, -0.2) is 0 Å². The molecule has 1 saturated heterocycles. The number of hydrogen-bond donors (Lipinski definition) is 0. The smallest absolute Gasteiger partial charge is 0.270 e. The van der Waals surface area contributed by atoms with E-state index in [2.05, 4.69) is 16.0 Å². The largest absolute Gasteiger partial charge is 0.367 e. The maximum absolute atomic E-state index is 13.0. The molecule has 0 unspecified atom stereocenters. The maximum Gasteiger partial charge on any atom is 0.270 e. The average molecular weight is 332 g/mol. The molecule has 1 aromatic carbocycles. The molecule has 3 aromatic rings. The standard InChI is InChI=1S/C20H20N4O/c25-20(19-9-5-11-24(19)17-6-2-1-3-7-17)23-14-12-22(13-15-23)18-8-4-10-21-16-18/h1-11,16H,12-15H2. The van der Waals surface area contributed by atoms with Gasteiger partial charge in [0.2, 0.25) is 0 Å². The highest BCUT2D eigenvalue weighted by atomic mass is 16.2. The molecular weight excluding hydrogens is 312 g/mol. The van der Waals surface area contributed by atoms with Crippen molar-refractivity contribution in [2.75, 3.05) is 31.1 Å². The van der Waals surface area contributed by atoms with Crippen LogP contribution < -0.4 is 4.90 Å². The molecule has 25 heavy (non-hydrogen) atoms. The Kier molecular flexibility index (Phi) is 4.21. The molecule has 0 bridgehead atoms. The molecule has 0 radical (unpaired) electrons. The fraction of sp³-hybridized carbons (Fsp3) is 0.200. The van der Waals surface area contributed by atoms with Crippen LogP contribution in [-0.4, -0.2) is 46.5 Å². The minimum absolute atomic E-state index is 0.0830. The third-order valence-electron chi connectivity index (χ3n) is 4.58. The number of anilines is 1. The van der Waals surface area contributed by atoms with Gasteiger partial charge in [0.25, 0.3) is 5.91 Å². The number of carbonyl (C=O) groups is 1. The quantitative estimate of drug-likeness (QED) is 0.741. The third-order valence-corrected chi connectivity index (χ3v) is 4.58. The number of piperazine rings is 1. The first-order valence-electron chi connectivity index (χ1n) is 8.50. The lowest BCUT2D eigenvalue weighted by atomic mass is 10.2. The highest BCUT2D eigenvalue weighted by molar-refractivity contribution is 5.93. The van der Waals surface area contributed by atoms with Crippen LogP contribution in [0.25, 0.3) is 5.69 Å². The van der Waals surface area contributed by atoms with Crippen molar-refractivity contribution in [2.24, 2.45) is 0 Å². The predicted octanol–water partition coefficient (Wildman–Crippen LogP) is 2.83. The van der Waals surface area contributed by atoms with Crippen LogP contribution in [0.5, 0.6) is 0 Å². The van der Waals surface area contributed by atoms with E-state index < -0.39 is 0 Å². The van der Waals surface area contributed by atoms with Crippen LogP contribution in [-0.2, 0) is 0 Å². The van der Waals surface area contributed by atoms with E-state index in [0.717, 1.165) is 24.5 Å². The Balaban J connectivity index is 1.48. The summed E-state index contributed by atoms with van der Waals surface area (Å²) < 4.78 is 1.95. The third kappa shape index (κ3) is 3.13. The first kappa shape index (κ1) is 15.4. The van der Waals surface area contributed by atoms with E-state index >= 15 is 0 Å². The zero-order valence-corrected chi connectivity index (χ0v) is 14.0. The molecular formula is C20H20N4O. The van der Waals surface area contributed by atoms with E-state index in [1.165, 1.54) is 0 Å². The molecule has 0 spiro atoms. The second-order valence-corrected chi connectivity index (χ2v) is 6.09. The van der Waals surface area contributed by atoms with Gasteiger partial charge in [-0.2, -0.15) is 0 Å². The zero-order valence-electron chi connectivity index (χ0n) is 14.0. The summed E-state index contributed by atoms with van der Waals surface area (Å²) in [6.45, 7) is 3.08. The Morgan fingerprint density at radius 2 is 1.60 bits per heavy atom. The van der Waals surface area contributed by atoms with E-state index in [-0.39, 0.29) is 5.91 Å². The van der Waals surface area contributed by atoms with E-state index in [0.29, 0.717) is 18.8 Å². The van der Waals surface area contributed by atoms with Gasteiger partial charge in [0.1, 0.15) is 5.69 Å². The lowest BCUT2D eigenvalue weighted by Crippen LogP contribution is -2.49. The molecule has 5 heteroatoms. The number of carbonyl (C=O) groups excluding carboxylic acids is 1. The fourth-order valence-electron chi connectivity index (χ4n) is 3.24. The molecule has 2 aromatic heterocycles. The summed E-state index contributed by atoms with van der Waals surface area (Å²) >= 11 is 0. The summed E-state index contributed by atoms with van der Waals surface area (Å²) in [6.07, 6.45) is 5.59. The molecule has 1 fully saturated rings. The van der Waals surface area contributed by atoms with Crippen LogP contribution in [0.15, 0.2) is 73.2 Å². The number of pyridine rings is 1. The first-order chi connectivity index (χ1) is 12.3. The first-order valence-corrected chi connectivity index (χ1v) is 8.50. The topological polar surface area (TPSA) is 41.4 Å². The minimum atomic E-state index is 0.0830. The van der Waals surface area contributed by atoms with E-state index in [1.54, 1.807) is 6.20 Å². The SMILES string of the molecule is O=C(c1cccn1-c1ccccc1)N1CCN(c2cccnc2)CC1. The van der Waals surface area contributed by atoms with Crippen molar-refractivity contribution in [2.45, 2.75) is 0 Å². The Morgan fingerprint density at radius 3 is 2.32 bits per heavy atom. The molecule has 0 atom stereocenters. The Bertz CT molecular complexity index is 836. The second kappa shape index (κ2) is 6.81. The number of benzene rings is 1. The van der Waals surface area contributed by atoms with E-state index in [1.807, 2.05) is 70.4 Å². The number of aromatic nitrogens is 2. The summed E-state index contributed by atoms with van der Waals surface area (Å²) in [5.41, 5.74) is 2.83. The van der Waals surface area contributed by atoms with Crippen LogP contribution >= 0.6 is 0 Å². The molecule has 0 N–H and O–H groups in total. The molecule has 0 saturated carbocycles. The van der Waals surface area contributed by atoms with Crippen LogP contribution in [0.4, 0.5) is 5.69 Å². The molecule has 4 rings (SSSR count). The maximum atomic E-state index is 13.0. The fourth-order valence-corrected chi connectivity index (χ4v) is 3.24. The van der Waals surface area contributed by atoms with Gasteiger partial charge in [0.15, 0.2) is 0 Å². The number of rotatable bonds is 3. The molecule has 3 heterocycles. The Hall–Kier alpha value is -3.08. The molecule has 1 amide bonds. The van der Waals surface area contributed by atoms with Gasteiger partial charge in [-0.15, -0.1) is 0 Å². The van der Waals surface area contributed by atoms with Gasteiger partial charge in [-0.3, -0.25) is 9.78 Å². The molecule has 0 aliphatic carbocycles. The number of nitrogens with zero attached hydrogens (tertiary/aromatic N) is 4. The van der Waals surface area contributed by atoms with Crippen LogP contribution in [0.3, 0.4) is 0 Å². The zero-order chi connectivity index (χ0) is 17.1. The van der Waals surface area contributed by atoms with Crippen LogP contribution in [0, 0.1) is 0 Å². The molecule has 1 aliphatic heterocycles. The van der Waals surface area contributed by atoms with Gasteiger partial charge in [-0.05, 0) is 36.4 Å². The second-order valence-electron chi connectivity index (χ2n) is 6.09. The van der Waals surface area contributed by atoms with Gasteiger partial charge in [-0.1, -0.05) is 18.2 Å². The molecule has 5 nitrogen and oxygen atoms in total. The monoisotopic (exact) mass is 332 g/mol. The predicted molar refractivity (Wildman–Crippen MR) is 98.1 cm³/mol. The summed E-state index contributed by atoms with van der Waals surface area (Å²) in [5.74, 6) is 0.0830. The lowest BCUT2D eigenvalue weighted by Gasteiger charge is -2.36. The Morgan fingerprint density at radius 1 is 0.840 bits per heavy atom. The average Bonchev–Trinajstić information content (AvgIpc) is 3.19.